The van der Waals surface area contributed by atoms with Gasteiger partial charge in [0.1, 0.15) is 0 Å². The summed E-state index contributed by atoms with van der Waals surface area (Å²) in [4.78, 5) is 9.83. The first-order valence-corrected chi connectivity index (χ1v) is 3.15. The van der Waals surface area contributed by atoms with E-state index in [1.165, 1.54) is 5.54 Å². The highest BCUT2D eigenvalue weighted by molar-refractivity contribution is 6.25. The number of hydrogen-bond acceptors (Lipinski definition) is 1. The fraction of sp³-hybridized carbons (Fsp3) is 0.286. The highest BCUT2D eigenvalue weighted by Gasteiger charge is 1.96. The lowest BCUT2D eigenvalue weighted by Gasteiger charge is -1.87. The fourth-order valence-corrected chi connectivity index (χ4v) is 0.151. The molecule has 2 nitrogen and oxygen atoms in total. The third kappa shape index (κ3) is 10.3. The number of rotatable bonds is 2. The predicted molar refractivity (Wildman–Crippen MR) is 43.1 cm³/mol. The smallest absolute Gasteiger partial charge is 0.330 e. The largest absolute Gasteiger partial charge is 0.478 e. The van der Waals surface area contributed by atoms with Crippen molar-refractivity contribution in [3.05, 3.63) is 24.3 Å². The number of aliphatic carboxylic acids is 1. The molecule has 0 saturated carbocycles. The molecular formula is C7H11ClO2. The number of halogens is 1. The zero-order chi connectivity index (χ0) is 8.57. The van der Waals surface area contributed by atoms with E-state index in [1.54, 1.807) is 6.92 Å². The SMILES string of the molecule is C=C(CC)C(=O)O.C=CCl. The van der Waals surface area contributed by atoms with Gasteiger partial charge in [0.2, 0.25) is 0 Å². The summed E-state index contributed by atoms with van der Waals surface area (Å²) < 4.78 is 0. The van der Waals surface area contributed by atoms with Gasteiger partial charge in [-0.3, -0.25) is 0 Å². The number of carboxylic acids is 1. The number of carbonyl (C=O) groups is 1. The highest BCUT2D eigenvalue weighted by Crippen LogP contribution is 1.93. The van der Waals surface area contributed by atoms with Crippen molar-refractivity contribution in [2.24, 2.45) is 0 Å². The van der Waals surface area contributed by atoms with Gasteiger partial charge in [-0.25, -0.2) is 4.79 Å². The molecule has 1 N–H and O–H groups in total. The molecule has 0 aliphatic carbocycles. The van der Waals surface area contributed by atoms with Crippen molar-refractivity contribution in [3.8, 4) is 0 Å². The van der Waals surface area contributed by atoms with Gasteiger partial charge >= 0.3 is 5.97 Å². The van der Waals surface area contributed by atoms with E-state index >= 15 is 0 Å². The molecule has 0 aliphatic heterocycles. The molecular weight excluding hydrogens is 152 g/mol. The van der Waals surface area contributed by atoms with Gasteiger partial charge < -0.3 is 5.11 Å². The third-order valence-corrected chi connectivity index (χ3v) is 0.729. The van der Waals surface area contributed by atoms with Crippen LogP contribution in [-0.2, 0) is 4.79 Å². The van der Waals surface area contributed by atoms with E-state index < -0.39 is 5.97 Å². The number of hydrogen-bond donors (Lipinski definition) is 1. The van der Waals surface area contributed by atoms with Crippen LogP contribution in [0.15, 0.2) is 24.3 Å². The summed E-state index contributed by atoms with van der Waals surface area (Å²) in [6.45, 7) is 8.16. The summed E-state index contributed by atoms with van der Waals surface area (Å²) in [6, 6.07) is 0. The summed E-state index contributed by atoms with van der Waals surface area (Å²) in [5, 5.41) is 8.08. The second-order valence-electron chi connectivity index (χ2n) is 1.42. The molecule has 0 unspecified atom stereocenters. The Balaban J connectivity index is 0. The van der Waals surface area contributed by atoms with Crippen LogP contribution in [0.1, 0.15) is 13.3 Å². The van der Waals surface area contributed by atoms with Crippen LogP contribution < -0.4 is 0 Å². The van der Waals surface area contributed by atoms with Crippen LogP contribution in [0.25, 0.3) is 0 Å². The highest BCUT2D eigenvalue weighted by atomic mass is 35.5. The molecule has 0 aromatic heterocycles. The Morgan fingerprint density at radius 3 is 2.10 bits per heavy atom. The average molecular weight is 163 g/mol. The summed E-state index contributed by atoms with van der Waals surface area (Å²) in [5.41, 5.74) is 1.49. The molecule has 3 heteroatoms. The second-order valence-corrected chi connectivity index (χ2v) is 1.73. The quantitative estimate of drug-likeness (QED) is 0.634. The molecule has 0 atom stereocenters. The minimum absolute atomic E-state index is 0.264. The van der Waals surface area contributed by atoms with Crippen LogP contribution in [0.2, 0.25) is 0 Å². The Morgan fingerprint density at radius 1 is 1.80 bits per heavy atom. The van der Waals surface area contributed by atoms with Gasteiger partial charge in [0.15, 0.2) is 0 Å². The maximum atomic E-state index is 9.83. The van der Waals surface area contributed by atoms with Gasteiger partial charge in [-0.15, -0.1) is 0 Å². The van der Waals surface area contributed by atoms with E-state index in [1.807, 2.05) is 0 Å². The monoisotopic (exact) mass is 162 g/mol. The second kappa shape index (κ2) is 8.24. The first kappa shape index (κ1) is 12.0. The molecule has 0 fully saturated rings. The summed E-state index contributed by atoms with van der Waals surface area (Å²) >= 11 is 4.76. The fourth-order valence-electron chi connectivity index (χ4n) is 0.151. The van der Waals surface area contributed by atoms with Crippen molar-refractivity contribution in [3.63, 3.8) is 0 Å². The maximum Gasteiger partial charge on any atom is 0.330 e. The first-order valence-electron chi connectivity index (χ1n) is 2.72. The van der Waals surface area contributed by atoms with Crippen LogP contribution in [0.5, 0.6) is 0 Å². The van der Waals surface area contributed by atoms with E-state index in [0.29, 0.717) is 6.42 Å². The molecule has 0 amide bonds. The van der Waals surface area contributed by atoms with Crippen molar-refractivity contribution in [2.75, 3.05) is 0 Å². The van der Waals surface area contributed by atoms with Crippen LogP contribution in [0.4, 0.5) is 0 Å². The molecule has 0 heterocycles. The molecule has 10 heavy (non-hydrogen) atoms. The van der Waals surface area contributed by atoms with E-state index in [0.717, 1.165) is 0 Å². The maximum absolute atomic E-state index is 9.83. The molecule has 0 aromatic rings. The lowest BCUT2D eigenvalue weighted by Crippen LogP contribution is -1.95. The van der Waals surface area contributed by atoms with Crippen molar-refractivity contribution >= 4 is 17.6 Å². The summed E-state index contributed by atoms with van der Waals surface area (Å²) in [6.07, 6.45) is 0.523. The normalized spacial score (nSPS) is 7.00. The Morgan fingerprint density at radius 2 is 2.10 bits per heavy atom. The molecule has 58 valence electrons. The molecule has 0 rings (SSSR count). The van der Waals surface area contributed by atoms with Gasteiger partial charge in [0.25, 0.3) is 0 Å². The lowest BCUT2D eigenvalue weighted by atomic mass is 10.2. The molecule has 0 saturated heterocycles. The summed E-state index contributed by atoms with van der Waals surface area (Å²) in [5.74, 6) is -0.900. The first-order chi connectivity index (χ1) is 4.59. The van der Waals surface area contributed by atoms with Crippen LogP contribution in [0, 0.1) is 0 Å². The van der Waals surface area contributed by atoms with Gasteiger partial charge in [0.05, 0.1) is 0 Å². The van der Waals surface area contributed by atoms with Crippen molar-refractivity contribution < 1.29 is 9.90 Å². The lowest BCUT2D eigenvalue weighted by molar-refractivity contribution is -0.132. The molecule has 0 bridgehead atoms. The average Bonchev–Trinajstić information content (AvgIpc) is 1.88. The third-order valence-electron chi connectivity index (χ3n) is 0.729. The van der Waals surface area contributed by atoms with Crippen LogP contribution >= 0.6 is 11.6 Å². The Bertz CT molecular complexity index is 130. The van der Waals surface area contributed by atoms with Gasteiger partial charge in [-0.2, -0.15) is 0 Å². The van der Waals surface area contributed by atoms with Crippen molar-refractivity contribution in [1.82, 2.24) is 0 Å². The molecule has 0 aromatic carbocycles. The van der Waals surface area contributed by atoms with Crippen molar-refractivity contribution in [1.29, 1.82) is 0 Å². The van der Waals surface area contributed by atoms with Gasteiger partial charge in [-0.1, -0.05) is 31.7 Å². The topological polar surface area (TPSA) is 37.3 Å². The zero-order valence-electron chi connectivity index (χ0n) is 5.93. The number of carboxylic acid groups (broad SMARTS) is 1. The Labute approximate surface area is 65.8 Å². The van der Waals surface area contributed by atoms with E-state index in [9.17, 15) is 4.79 Å². The Kier molecular flexibility index (Phi) is 9.86. The van der Waals surface area contributed by atoms with E-state index in [2.05, 4.69) is 13.2 Å². The minimum Gasteiger partial charge on any atom is -0.478 e. The van der Waals surface area contributed by atoms with E-state index in [4.69, 9.17) is 16.7 Å². The predicted octanol–water partition coefficient (Wildman–Crippen LogP) is 2.41. The van der Waals surface area contributed by atoms with Crippen LogP contribution in [0.3, 0.4) is 0 Å². The molecule has 0 spiro atoms. The standard InChI is InChI=1S/C5H8O2.C2H3Cl/c1-3-4(2)5(6)7;1-2-3/h2-3H2,1H3,(H,6,7);2H,1H2. The Hall–Kier alpha value is -0.760. The molecule has 0 radical (unpaired) electrons. The van der Waals surface area contributed by atoms with Crippen LogP contribution in [-0.4, -0.2) is 11.1 Å². The summed E-state index contributed by atoms with van der Waals surface area (Å²) in [7, 11) is 0. The minimum atomic E-state index is -0.900. The van der Waals surface area contributed by atoms with Gasteiger partial charge in [0, 0.05) is 5.57 Å². The van der Waals surface area contributed by atoms with Crippen molar-refractivity contribution in [2.45, 2.75) is 13.3 Å². The zero-order valence-corrected chi connectivity index (χ0v) is 6.69. The molecule has 0 aliphatic rings. The van der Waals surface area contributed by atoms with Gasteiger partial charge in [-0.05, 0) is 12.0 Å². The van der Waals surface area contributed by atoms with E-state index in [-0.39, 0.29) is 5.57 Å².